The van der Waals surface area contributed by atoms with Crippen LogP contribution in [0.25, 0.3) is 0 Å². The molecule has 274 valence electrons. The van der Waals surface area contributed by atoms with E-state index in [-0.39, 0.29) is 23.6 Å². The average molecular weight is 713 g/mol. The SMILES string of the molecule is CC/C=C\C/C=C\C/C=C\C/C=C\C/C=C\CCCC(=O)NCC1CCC(NC(=O)C(C)(C)Oc2ccc(C(=O)c3ccc(Cl)cc3)cc2)CC1. The van der Waals surface area contributed by atoms with Gasteiger partial charge in [0.05, 0.1) is 0 Å². The van der Waals surface area contributed by atoms with Gasteiger partial charge in [-0.3, -0.25) is 14.4 Å². The average Bonchev–Trinajstić information content (AvgIpc) is 3.12. The maximum absolute atomic E-state index is 13.1. The van der Waals surface area contributed by atoms with Crippen LogP contribution in [0.15, 0.2) is 109 Å². The zero-order valence-electron chi connectivity index (χ0n) is 30.8. The molecule has 51 heavy (non-hydrogen) atoms. The molecular formula is C44H57ClN2O4. The summed E-state index contributed by atoms with van der Waals surface area (Å²) >= 11 is 5.93. The van der Waals surface area contributed by atoms with Crippen molar-refractivity contribution in [3.63, 3.8) is 0 Å². The van der Waals surface area contributed by atoms with E-state index >= 15 is 0 Å². The van der Waals surface area contributed by atoms with Crippen LogP contribution in [0, 0.1) is 5.92 Å². The van der Waals surface area contributed by atoms with Crippen molar-refractivity contribution in [2.45, 2.75) is 109 Å². The minimum atomic E-state index is -1.08. The van der Waals surface area contributed by atoms with Crippen molar-refractivity contribution >= 4 is 29.2 Å². The number of carbonyl (C=O) groups excluding carboxylic acids is 3. The van der Waals surface area contributed by atoms with Crippen LogP contribution >= 0.6 is 11.6 Å². The number of hydrogen-bond acceptors (Lipinski definition) is 4. The van der Waals surface area contributed by atoms with E-state index in [0.717, 1.165) is 70.6 Å². The third-order valence-corrected chi connectivity index (χ3v) is 9.10. The zero-order valence-corrected chi connectivity index (χ0v) is 31.5. The Bertz CT molecular complexity index is 1490. The Morgan fingerprint density at radius 1 is 0.745 bits per heavy atom. The first-order valence-corrected chi connectivity index (χ1v) is 19.0. The molecule has 0 bridgehead atoms. The van der Waals surface area contributed by atoms with Crippen LogP contribution in [0.4, 0.5) is 0 Å². The fraction of sp³-hybridized carbons (Fsp3) is 0.432. The Kier molecular flexibility index (Phi) is 18.9. The monoisotopic (exact) mass is 712 g/mol. The number of nitrogens with one attached hydrogen (secondary N) is 2. The number of carbonyl (C=O) groups is 3. The van der Waals surface area contributed by atoms with Gasteiger partial charge < -0.3 is 15.4 Å². The summed E-state index contributed by atoms with van der Waals surface area (Å²) in [6, 6.07) is 13.7. The van der Waals surface area contributed by atoms with Crippen LogP contribution in [0.3, 0.4) is 0 Å². The van der Waals surface area contributed by atoms with Crippen molar-refractivity contribution in [1.29, 1.82) is 0 Å². The number of rotatable bonds is 21. The molecule has 2 aromatic carbocycles. The molecule has 0 aliphatic heterocycles. The van der Waals surface area contributed by atoms with Crippen molar-refractivity contribution in [3.8, 4) is 5.75 Å². The van der Waals surface area contributed by atoms with Crippen LogP contribution < -0.4 is 15.4 Å². The summed E-state index contributed by atoms with van der Waals surface area (Å²) in [5.41, 5.74) is -0.00162. The molecule has 1 aliphatic carbocycles. The van der Waals surface area contributed by atoms with Gasteiger partial charge in [-0.25, -0.2) is 0 Å². The Morgan fingerprint density at radius 3 is 1.80 bits per heavy atom. The Hall–Kier alpha value is -4.16. The number of hydrogen-bond donors (Lipinski definition) is 2. The van der Waals surface area contributed by atoms with Crippen molar-refractivity contribution in [2.75, 3.05) is 6.54 Å². The summed E-state index contributed by atoms with van der Waals surface area (Å²) in [7, 11) is 0. The van der Waals surface area contributed by atoms with Gasteiger partial charge in [-0.05, 0) is 139 Å². The van der Waals surface area contributed by atoms with Gasteiger partial charge in [0.25, 0.3) is 5.91 Å². The van der Waals surface area contributed by atoms with E-state index < -0.39 is 5.60 Å². The van der Waals surface area contributed by atoms with Crippen LogP contribution in [0.1, 0.15) is 114 Å². The normalized spacial score (nSPS) is 16.9. The van der Waals surface area contributed by atoms with Gasteiger partial charge in [-0.2, -0.15) is 0 Å². The highest BCUT2D eigenvalue weighted by molar-refractivity contribution is 6.30. The minimum absolute atomic E-state index is 0.0789. The topological polar surface area (TPSA) is 84.5 Å². The van der Waals surface area contributed by atoms with Gasteiger partial charge in [0, 0.05) is 35.2 Å². The second-order valence-electron chi connectivity index (χ2n) is 13.6. The molecule has 0 saturated heterocycles. The molecule has 0 heterocycles. The second-order valence-corrected chi connectivity index (χ2v) is 14.0. The number of halogens is 1. The molecule has 3 rings (SSSR count). The maximum atomic E-state index is 13.1. The lowest BCUT2D eigenvalue weighted by molar-refractivity contribution is -0.135. The van der Waals surface area contributed by atoms with Gasteiger partial charge in [-0.1, -0.05) is 79.3 Å². The predicted molar refractivity (Wildman–Crippen MR) is 211 cm³/mol. The Morgan fingerprint density at radius 2 is 1.25 bits per heavy atom. The third kappa shape index (κ3) is 16.6. The van der Waals surface area contributed by atoms with E-state index in [1.807, 2.05) is 0 Å². The van der Waals surface area contributed by atoms with E-state index in [0.29, 0.717) is 40.8 Å². The molecule has 0 atom stereocenters. The first-order chi connectivity index (χ1) is 24.7. The van der Waals surface area contributed by atoms with Crippen LogP contribution in [-0.4, -0.2) is 35.8 Å². The summed E-state index contributed by atoms with van der Waals surface area (Å²) in [5, 5.41) is 6.85. The highest BCUT2D eigenvalue weighted by Crippen LogP contribution is 2.26. The Labute approximate surface area is 311 Å². The number of unbranched alkanes of at least 4 members (excludes halogenated alkanes) is 1. The maximum Gasteiger partial charge on any atom is 0.263 e. The molecule has 0 spiro atoms. The first kappa shape index (κ1) is 41.3. The second kappa shape index (κ2) is 23.3. The fourth-order valence-electron chi connectivity index (χ4n) is 5.75. The smallest absolute Gasteiger partial charge is 0.263 e. The summed E-state index contributed by atoms with van der Waals surface area (Å²) in [6.45, 7) is 6.33. The molecule has 0 unspecified atom stereocenters. The van der Waals surface area contributed by atoms with Gasteiger partial charge >= 0.3 is 0 Å². The van der Waals surface area contributed by atoms with E-state index in [4.69, 9.17) is 16.3 Å². The molecule has 2 amide bonds. The lowest BCUT2D eigenvalue weighted by atomic mass is 9.85. The van der Waals surface area contributed by atoms with Crippen LogP contribution in [0.2, 0.25) is 5.02 Å². The fourth-order valence-corrected chi connectivity index (χ4v) is 5.87. The van der Waals surface area contributed by atoms with E-state index in [1.165, 1.54) is 0 Å². The van der Waals surface area contributed by atoms with Crippen molar-refractivity contribution < 1.29 is 19.1 Å². The lowest BCUT2D eigenvalue weighted by Gasteiger charge is -2.32. The summed E-state index contributed by atoms with van der Waals surface area (Å²) in [5.74, 6) is 0.765. The van der Waals surface area contributed by atoms with E-state index in [2.05, 4.69) is 78.3 Å². The lowest BCUT2D eigenvalue weighted by Crippen LogP contribution is -2.51. The molecule has 7 heteroatoms. The molecule has 1 fully saturated rings. The highest BCUT2D eigenvalue weighted by atomic mass is 35.5. The molecule has 6 nitrogen and oxygen atoms in total. The molecule has 0 radical (unpaired) electrons. The quantitative estimate of drug-likeness (QED) is 0.0766. The molecule has 0 aromatic heterocycles. The standard InChI is InChI=1S/C44H57ClN2O4/c1-4-5-6-7-8-9-10-11-12-13-14-15-16-17-18-19-20-21-41(48)46-34-35-22-30-39(31-23-35)47-43(50)44(2,3)51-40-32-26-37(27-33-40)42(49)36-24-28-38(45)29-25-36/h5-6,8-9,11-12,14-15,17-18,24-29,32-33,35,39H,4,7,10,13,16,19-23,30-31,34H2,1-3H3,(H,46,48)(H,47,50)/b6-5-,9-8-,12-11-,15-14-,18-17-. The van der Waals surface area contributed by atoms with Crippen molar-refractivity contribution in [3.05, 3.63) is 125 Å². The summed E-state index contributed by atoms with van der Waals surface area (Å²) < 4.78 is 6.04. The number of ether oxygens (including phenoxy) is 1. The number of ketones is 1. The summed E-state index contributed by atoms with van der Waals surface area (Å²) in [6.07, 6.45) is 32.8. The molecular weight excluding hydrogens is 656 g/mol. The van der Waals surface area contributed by atoms with E-state index in [1.54, 1.807) is 62.4 Å². The zero-order chi connectivity index (χ0) is 36.7. The van der Waals surface area contributed by atoms with E-state index in [9.17, 15) is 14.4 Å². The highest BCUT2D eigenvalue weighted by Gasteiger charge is 2.33. The molecule has 2 N–H and O–H groups in total. The molecule has 1 aliphatic rings. The minimum Gasteiger partial charge on any atom is -0.478 e. The first-order valence-electron chi connectivity index (χ1n) is 18.6. The van der Waals surface area contributed by atoms with Gasteiger partial charge in [0.1, 0.15) is 5.75 Å². The largest absolute Gasteiger partial charge is 0.478 e. The van der Waals surface area contributed by atoms with Gasteiger partial charge in [0.2, 0.25) is 5.91 Å². The summed E-state index contributed by atoms with van der Waals surface area (Å²) in [4.78, 5) is 38.3. The van der Waals surface area contributed by atoms with Crippen molar-refractivity contribution in [1.82, 2.24) is 10.6 Å². The van der Waals surface area contributed by atoms with Crippen LogP contribution in [-0.2, 0) is 9.59 Å². The van der Waals surface area contributed by atoms with Crippen LogP contribution in [0.5, 0.6) is 5.75 Å². The third-order valence-electron chi connectivity index (χ3n) is 8.84. The number of amides is 2. The molecule has 2 aromatic rings. The Balaban J connectivity index is 1.23. The van der Waals surface area contributed by atoms with Gasteiger partial charge in [-0.15, -0.1) is 0 Å². The van der Waals surface area contributed by atoms with Gasteiger partial charge in [0.15, 0.2) is 11.4 Å². The number of benzene rings is 2. The van der Waals surface area contributed by atoms with Crippen molar-refractivity contribution in [2.24, 2.45) is 5.92 Å². The predicted octanol–water partition coefficient (Wildman–Crippen LogP) is 10.4. The number of allylic oxidation sites excluding steroid dienone is 10. The molecule has 1 saturated carbocycles.